The van der Waals surface area contributed by atoms with Crippen LogP contribution in [0.15, 0.2) is 60.7 Å². The molecule has 0 fully saturated rings. The average Bonchev–Trinajstić information content (AvgIpc) is 2.52. The second-order valence-corrected chi connectivity index (χ2v) is 5.87. The predicted octanol–water partition coefficient (Wildman–Crippen LogP) is 3.39. The van der Waals surface area contributed by atoms with Crippen molar-refractivity contribution in [3.8, 4) is 0 Å². The highest BCUT2D eigenvalue weighted by molar-refractivity contribution is 7.99. The molecule has 0 aliphatic heterocycles. The van der Waals surface area contributed by atoms with E-state index in [1.54, 1.807) is 0 Å². The molecular weight excluding hydrogens is 264 g/mol. The number of thioether (sulfide) groups is 1. The molecule has 3 heteroatoms. The minimum Gasteiger partial charge on any atom is -0.366 e. The number of rotatable bonds is 8. The first-order valence-corrected chi connectivity index (χ1v) is 8.17. The molecule has 2 aromatic rings. The van der Waals surface area contributed by atoms with E-state index in [0.717, 1.165) is 31.1 Å². The third-order valence-corrected chi connectivity index (χ3v) is 4.10. The Labute approximate surface area is 126 Å². The Morgan fingerprint density at radius 1 is 0.850 bits per heavy atom. The quantitative estimate of drug-likeness (QED) is 0.754. The zero-order valence-corrected chi connectivity index (χ0v) is 12.6. The Bertz CT molecular complexity index is 473. The number of anilines is 1. The van der Waals surface area contributed by atoms with Gasteiger partial charge in [-0.1, -0.05) is 48.5 Å². The fraction of sp³-hybridized carbons (Fsp3) is 0.294. The summed E-state index contributed by atoms with van der Waals surface area (Å²) in [6.45, 7) is 2.76. The largest absolute Gasteiger partial charge is 0.366 e. The monoisotopic (exact) mass is 286 g/mol. The van der Waals surface area contributed by atoms with Crippen LogP contribution in [0.1, 0.15) is 5.56 Å². The Morgan fingerprint density at radius 2 is 1.50 bits per heavy atom. The summed E-state index contributed by atoms with van der Waals surface area (Å²) in [4.78, 5) is 2.43. The van der Waals surface area contributed by atoms with Crippen LogP contribution in [0.25, 0.3) is 0 Å². The molecule has 2 rings (SSSR count). The maximum absolute atomic E-state index is 5.55. The van der Waals surface area contributed by atoms with Crippen molar-refractivity contribution in [1.29, 1.82) is 0 Å². The first-order chi connectivity index (χ1) is 9.90. The lowest BCUT2D eigenvalue weighted by Crippen LogP contribution is -2.25. The Kier molecular flexibility index (Phi) is 6.48. The summed E-state index contributed by atoms with van der Waals surface area (Å²) in [6.07, 6.45) is 0. The van der Waals surface area contributed by atoms with Gasteiger partial charge in [0.15, 0.2) is 0 Å². The minimum atomic E-state index is 0.759. The fourth-order valence-electron chi connectivity index (χ4n) is 2.10. The van der Waals surface area contributed by atoms with E-state index in [2.05, 4.69) is 65.6 Å². The lowest BCUT2D eigenvalue weighted by atomic mass is 10.2. The zero-order chi connectivity index (χ0) is 14.0. The summed E-state index contributed by atoms with van der Waals surface area (Å²) >= 11 is 1.92. The molecule has 0 saturated carbocycles. The van der Waals surface area contributed by atoms with Gasteiger partial charge in [-0.3, -0.25) is 0 Å². The Balaban J connectivity index is 2.00. The van der Waals surface area contributed by atoms with Crippen LogP contribution in [0.2, 0.25) is 0 Å². The smallest absolute Gasteiger partial charge is 0.0429 e. The van der Waals surface area contributed by atoms with Crippen molar-refractivity contribution in [2.75, 3.05) is 29.5 Å². The van der Waals surface area contributed by atoms with Crippen molar-refractivity contribution < 1.29 is 0 Å². The summed E-state index contributed by atoms with van der Waals surface area (Å²) < 4.78 is 0. The normalized spacial score (nSPS) is 10.4. The molecule has 0 aliphatic rings. The zero-order valence-electron chi connectivity index (χ0n) is 11.7. The second-order valence-electron chi connectivity index (χ2n) is 4.64. The number of hydrogen-bond acceptors (Lipinski definition) is 3. The van der Waals surface area contributed by atoms with Crippen LogP contribution >= 0.6 is 11.8 Å². The summed E-state index contributed by atoms with van der Waals surface area (Å²) in [5.41, 5.74) is 8.18. The summed E-state index contributed by atoms with van der Waals surface area (Å²) in [7, 11) is 0. The molecule has 0 unspecified atom stereocenters. The standard InChI is InChI=1S/C17H22N2S/c18-11-13-20-14-12-19(17-9-5-2-6-10-17)15-16-7-3-1-4-8-16/h1-10H,11-15,18H2. The van der Waals surface area contributed by atoms with Crippen LogP contribution in [0.3, 0.4) is 0 Å². The molecule has 0 radical (unpaired) electrons. The number of hydrogen-bond donors (Lipinski definition) is 1. The van der Waals surface area contributed by atoms with Crippen molar-refractivity contribution >= 4 is 17.4 Å². The Hall–Kier alpha value is -1.45. The van der Waals surface area contributed by atoms with Crippen LogP contribution in [0.5, 0.6) is 0 Å². The van der Waals surface area contributed by atoms with Gasteiger partial charge in [0.25, 0.3) is 0 Å². The van der Waals surface area contributed by atoms with Crippen LogP contribution in [-0.2, 0) is 6.54 Å². The van der Waals surface area contributed by atoms with E-state index < -0.39 is 0 Å². The number of para-hydroxylation sites is 1. The van der Waals surface area contributed by atoms with Crippen LogP contribution < -0.4 is 10.6 Å². The minimum absolute atomic E-state index is 0.759. The molecule has 0 spiro atoms. The van der Waals surface area contributed by atoms with Gasteiger partial charge in [-0.25, -0.2) is 0 Å². The van der Waals surface area contributed by atoms with Gasteiger partial charge in [-0.15, -0.1) is 0 Å². The van der Waals surface area contributed by atoms with Gasteiger partial charge in [0.05, 0.1) is 0 Å². The van der Waals surface area contributed by atoms with Crippen molar-refractivity contribution in [3.05, 3.63) is 66.2 Å². The molecule has 0 saturated heterocycles. The van der Waals surface area contributed by atoms with Gasteiger partial charge in [0, 0.05) is 36.8 Å². The molecule has 0 atom stereocenters. The molecule has 0 heterocycles. The fourth-order valence-corrected chi connectivity index (χ4v) is 2.82. The molecule has 2 nitrogen and oxygen atoms in total. The van der Waals surface area contributed by atoms with E-state index in [4.69, 9.17) is 5.73 Å². The van der Waals surface area contributed by atoms with E-state index in [0.29, 0.717) is 0 Å². The van der Waals surface area contributed by atoms with Crippen molar-refractivity contribution in [2.24, 2.45) is 5.73 Å². The highest BCUT2D eigenvalue weighted by atomic mass is 32.2. The third kappa shape index (κ3) is 4.91. The molecule has 20 heavy (non-hydrogen) atoms. The SMILES string of the molecule is NCCSCCN(Cc1ccccc1)c1ccccc1. The predicted molar refractivity (Wildman–Crippen MR) is 90.3 cm³/mol. The molecule has 0 aromatic heterocycles. The molecular formula is C17H22N2S. The van der Waals surface area contributed by atoms with Crippen molar-refractivity contribution in [1.82, 2.24) is 0 Å². The van der Waals surface area contributed by atoms with Crippen molar-refractivity contribution in [2.45, 2.75) is 6.54 Å². The van der Waals surface area contributed by atoms with Gasteiger partial charge >= 0.3 is 0 Å². The first kappa shape index (κ1) is 14.9. The third-order valence-electron chi connectivity index (χ3n) is 3.11. The van der Waals surface area contributed by atoms with Crippen LogP contribution in [0.4, 0.5) is 5.69 Å². The lowest BCUT2D eigenvalue weighted by molar-refractivity contribution is 0.837. The van der Waals surface area contributed by atoms with Gasteiger partial charge in [0.2, 0.25) is 0 Å². The highest BCUT2D eigenvalue weighted by Crippen LogP contribution is 2.17. The van der Waals surface area contributed by atoms with E-state index in [1.165, 1.54) is 11.3 Å². The van der Waals surface area contributed by atoms with Crippen LogP contribution in [0, 0.1) is 0 Å². The molecule has 0 amide bonds. The molecule has 0 aliphatic carbocycles. The van der Waals surface area contributed by atoms with E-state index in [9.17, 15) is 0 Å². The topological polar surface area (TPSA) is 29.3 Å². The average molecular weight is 286 g/mol. The first-order valence-electron chi connectivity index (χ1n) is 7.02. The highest BCUT2D eigenvalue weighted by Gasteiger charge is 2.06. The van der Waals surface area contributed by atoms with Gasteiger partial charge in [0.1, 0.15) is 0 Å². The number of benzene rings is 2. The summed E-state index contributed by atoms with van der Waals surface area (Å²) in [6, 6.07) is 21.2. The summed E-state index contributed by atoms with van der Waals surface area (Å²) in [5.74, 6) is 2.15. The molecule has 2 aromatic carbocycles. The molecule has 106 valence electrons. The summed E-state index contributed by atoms with van der Waals surface area (Å²) in [5, 5.41) is 0. The van der Waals surface area contributed by atoms with E-state index in [-0.39, 0.29) is 0 Å². The lowest BCUT2D eigenvalue weighted by Gasteiger charge is -2.25. The maximum atomic E-state index is 5.55. The number of nitrogens with zero attached hydrogens (tertiary/aromatic N) is 1. The van der Waals surface area contributed by atoms with Crippen LogP contribution in [-0.4, -0.2) is 24.6 Å². The van der Waals surface area contributed by atoms with Gasteiger partial charge in [-0.2, -0.15) is 11.8 Å². The Morgan fingerprint density at radius 3 is 2.15 bits per heavy atom. The van der Waals surface area contributed by atoms with E-state index >= 15 is 0 Å². The number of nitrogens with two attached hydrogens (primary N) is 1. The second kappa shape index (κ2) is 8.67. The molecule has 0 bridgehead atoms. The molecule has 2 N–H and O–H groups in total. The van der Waals surface area contributed by atoms with Gasteiger partial charge < -0.3 is 10.6 Å². The maximum Gasteiger partial charge on any atom is 0.0429 e. The van der Waals surface area contributed by atoms with E-state index in [1.807, 2.05) is 11.8 Å². The van der Waals surface area contributed by atoms with Gasteiger partial charge in [-0.05, 0) is 17.7 Å². The van der Waals surface area contributed by atoms with Crippen molar-refractivity contribution in [3.63, 3.8) is 0 Å².